The molecule has 0 radical (unpaired) electrons. The molecule has 0 saturated heterocycles. The summed E-state index contributed by atoms with van der Waals surface area (Å²) < 4.78 is 1.00. The molecule has 1 amide bonds. The van der Waals surface area contributed by atoms with Gasteiger partial charge < -0.3 is 5.32 Å². The van der Waals surface area contributed by atoms with Crippen molar-refractivity contribution >= 4 is 21.8 Å². The van der Waals surface area contributed by atoms with Gasteiger partial charge >= 0.3 is 0 Å². The zero-order valence-electron chi connectivity index (χ0n) is 12.6. The lowest BCUT2D eigenvalue weighted by Crippen LogP contribution is -2.41. The third-order valence-corrected chi connectivity index (χ3v) is 3.77. The average molecular weight is 351 g/mol. The fourth-order valence-corrected chi connectivity index (χ4v) is 2.18. The van der Waals surface area contributed by atoms with E-state index >= 15 is 0 Å². The number of amides is 1. The van der Waals surface area contributed by atoms with Gasteiger partial charge in [-0.2, -0.15) is 0 Å². The highest BCUT2D eigenvalue weighted by molar-refractivity contribution is 9.10. The zero-order valence-corrected chi connectivity index (χ0v) is 14.2. The maximum absolute atomic E-state index is 12.3. The molecule has 0 atom stereocenters. The summed E-state index contributed by atoms with van der Waals surface area (Å²) in [6.45, 7) is 7.89. The van der Waals surface area contributed by atoms with Gasteiger partial charge in [0, 0.05) is 10.4 Å². The molecule has 1 aromatic carbocycles. The van der Waals surface area contributed by atoms with E-state index in [4.69, 9.17) is 0 Å². The van der Waals surface area contributed by atoms with Crippen LogP contribution in [0.25, 0.3) is 0 Å². The summed E-state index contributed by atoms with van der Waals surface area (Å²) in [6.07, 6.45) is 0. The molecule has 0 saturated carbocycles. The molecule has 2 rings (SSSR count). The average Bonchev–Trinajstić information content (AvgIpc) is 2.88. The summed E-state index contributed by atoms with van der Waals surface area (Å²) >= 11 is 3.40. The van der Waals surface area contributed by atoms with E-state index in [1.807, 2.05) is 52.0 Å². The number of halogens is 1. The van der Waals surface area contributed by atoms with Crippen LogP contribution in [0.1, 0.15) is 55.6 Å². The largest absolute Gasteiger partial charge is 0.340 e. The first-order valence-electron chi connectivity index (χ1n) is 6.80. The minimum atomic E-state index is -0.504. The summed E-state index contributed by atoms with van der Waals surface area (Å²) in [5, 5.41) is 9.73. The number of hydrogen-bond donors (Lipinski definition) is 2. The molecule has 6 heteroatoms. The molecule has 0 aliphatic carbocycles. The number of rotatable bonds is 4. The van der Waals surface area contributed by atoms with Gasteiger partial charge in [0.2, 0.25) is 5.82 Å². The summed E-state index contributed by atoms with van der Waals surface area (Å²) in [6, 6.07) is 7.85. The van der Waals surface area contributed by atoms with Gasteiger partial charge in [0.25, 0.3) is 5.91 Å². The molecule has 1 heterocycles. The van der Waals surface area contributed by atoms with Crippen molar-refractivity contribution in [3.05, 3.63) is 46.0 Å². The molecule has 2 aromatic rings. The topological polar surface area (TPSA) is 70.7 Å². The van der Waals surface area contributed by atoms with Crippen molar-refractivity contribution in [1.29, 1.82) is 0 Å². The molecule has 0 bridgehead atoms. The first kappa shape index (κ1) is 15.7. The van der Waals surface area contributed by atoms with Crippen molar-refractivity contribution < 1.29 is 4.79 Å². The number of aromatic nitrogens is 3. The molecule has 2 N–H and O–H groups in total. The fourth-order valence-electron chi connectivity index (χ4n) is 1.91. The molecule has 112 valence electrons. The SMILES string of the molecule is CC(C)c1nc(C(=O)NC(C)(C)c2ccc(Br)cc2)n[nH]1. The molecule has 0 spiro atoms. The van der Waals surface area contributed by atoms with E-state index in [-0.39, 0.29) is 17.6 Å². The number of carbonyl (C=O) groups excluding carboxylic acids is 1. The Labute approximate surface area is 132 Å². The number of aromatic amines is 1. The van der Waals surface area contributed by atoms with Crippen LogP contribution in [0, 0.1) is 0 Å². The standard InChI is InChI=1S/C15H19BrN4O/c1-9(2)12-17-13(20-19-12)14(21)18-15(3,4)10-5-7-11(16)8-6-10/h5-9H,1-4H3,(H,18,21)(H,17,19,20). The number of nitrogens with one attached hydrogen (secondary N) is 2. The second kappa shape index (κ2) is 5.97. The van der Waals surface area contributed by atoms with E-state index in [1.165, 1.54) is 0 Å². The molecule has 1 aromatic heterocycles. The van der Waals surface area contributed by atoms with Crippen molar-refractivity contribution in [2.24, 2.45) is 0 Å². The smallest absolute Gasteiger partial charge is 0.291 e. The van der Waals surface area contributed by atoms with Crippen molar-refractivity contribution in [2.75, 3.05) is 0 Å². The highest BCUT2D eigenvalue weighted by Crippen LogP contribution is 2.22. The zero-order chi connectivity index (χ0) is 15.6. The lowest BCUT2D eigenvalue weighted by atomic mass is 9.94. The van der Waals surface area contributed by atoms with Crippen molar-refractivity contribution in [1.82, 2.24) is 20.5 Å². The third-order valence-electron chi connectivity index (χ3n) is 3.24. The molecular weight excluding hydrogens is 332 g/mol. The highest BCUT2D eigenvalue weighted by Gasteiger charge is 2.25. The molecule has 0 unspecified atom stereocenters. The number of hydrogen-bond acceptors (Lipinski definition) is 3. The molecule has 21 heavy (non-hydrogen) atoms. The van der Waals surface area contributed by atoms with Crippen LogP contribution >= 0.6 is 15.9 Å². The van der Waals surface area contributed by atoms with Crippen molar-refractivity contribution in [3.63, 3.8) is 0 Å². The van der Waals surface area contributed by atoms with E-state index in [1.54, 1.807) is 0 Å². The van der Waals surface area contributed by atoms with Crippen molar-refractivity contribution in [2.45, 2.75) is 39.2 Å². The van der Waals surface area contributed by atoms with Gasteiger partial charge in [0.05, 0.1) is 5.54 Å². The van der Waals surface area contributed by atoms with E-state index in [0.717, 1.165) is 10.0 Å². The molecule has 0 fully saturated rings. The van der Waals surface area contributed by atoms with Crippen LogP contribution in [0.5, 0.6) is 0 Å². The minimum absolute atomic E-state index is 0.170. The second-order valence-corrected chi connectivity index (χ2v) is 6.70. The van der Waals surface area contributed by atoms with Crippen LogP contribution in [0.3, 0.4) is 0 Å². The highest BCUT2D eigenvalue weighted by atomic mass is 79.9. The number of nitrogens with zero attached hydrogens (tertiary/aromatic N) is 2. The first-order valence-corrected chi connectivity index (χ1v) is 7.60. The third kappa shape index (κ3) is 3.69. The lowest BCUT2D eigenvalue weighted by Gasteiger charge is -2.26. The molecular formula is C15H19BrN4O. The Kier molecular flexibility index (Phi) is 4.46. The maximum atomic E-state index is 12.3. The maximum Gasteiger partial charge on any atom is 0.291 e. The predicted octanol–water partition coefficient (Wildman–Crippen LogP) is 3.36. The van der Waals surface area contributed by atoms with Gasteiger partial charge in [0.15, 0.2) is 0 Å². The van der Waals surface area contributed by atoms with Gasteiger partial charge in [-0.25, -0.2) is 4.98 Å². The van der Waals surface area contributed by atoms with E-state index in [9.17, 15) is 4.79 Å². The van der Waals surface area contributed by atoms with Crippen LogP contribution in [-0.2, 0) is 5.54 Å². The minimum Gasteiger partial charge on any atom is -0.340 e. The van der Waals surface area contributed by atoms with Gasteiger partial charge in [-0.05, 0) is 31.5 Å². The van der Waals surface area contributed by atoms with E-state index in [0.29, 0.717) is 5.82 Å². The van der Waals surface area contributed by atoms with Gasteiger partial charge in [-0.15, -0.1) is 5.10 Å². The number of carbonyl (C=O) groups is 1. The van der Waals surface area contributed by atoms with Crippen LogP contribution < -0.4 is 5.32 Å². The monoisotopic (exact) mass is 350 g/mol. The fraction of sp³-hybridized carbons (Fsp3) is 0.400. The Hall–Kier alpha value is -1.69. The van der Waals surface area contributed by atoms with Gasteiger partial charge in [-0.1, -0.05) is 41.9 Å². The number of benzene rings is 1. The van der Waals surface area contributed by atoms with Crippen LogP contribution in [0.2, 0.25) is 0 Å². The summed E-state index contributed by atoms with van der Waals surface area (Å²) in [5.41, 5.74) is 0.509. The van der Waals surface area contributed by atoms with Crippen LogP contribution in [0.15, 0.2) is 28.7 Å². The van der Waals surface area contributed by atoms with Gasteiger partial charge in [-0.3, -0.25) is 9.89 Å². The summed E-state index contributed by atoms with van der Waals surface area (Å²) in [7, 11) is 0. The second-order valence-electron chi connectivity index (χ2n) is 5.78. The Bertz CT molecular complexity index is 631. The quantitative estimate of drug-likeness (QED) is 0.887. The lowest BCUT2D eigenvalue weighted by molar-refractivity contribution is 0.0901. The normalized spacial score (nSPS) is 11.7. The Morgan fingerprint density at radius 3 is 2.43 bits per heavy atom. The Balaban J connectivity index is 2.15. The first-order chi connectivity index (χ1) is 9.79. The summed E-state index contributed by atoms with van der Waals surface area (Å²) in [5.74, 6) is 0.801. The van der Waals surface area contributed by atoms with Gasteiger partial charge in [0.1, 0.15) is 5.82 Å². The van der Waals surface area contributed by atoms with Crippen molar-refractivity contribution in [3.8, 4) is 0 Å². The summed E-state index contributed by atoms with van der Waals surface area (Å²) in [4.78, 5) is 16.5. The van der Waals surface area contributed by atoms with E-state index in [2.05, 4.69) is 36.4 Å². The molecule has 5 nitrogen and oxygen atoms in total. The van der Waals surface area contributed by atoms with Crippen LogP contribution in [-0.4, -0.2) is 21.1 Å². The molecule has 0 aliphatic rings. The molecule has 0 aliphatic heterocycles. The van der Waals surface area contributed by atoms with Crippen LogP contribution in [0.4, 0.5) is 0 Å². The van der Waals surface area contributed by atoms with E-state index < -0.39 is 5.54 Å². The predicted molar refractivity (Wildman–Crippen MR) is 85.1 cm³/mol. The Morgan fingerprint density at radius 2 is 1.90 bits per heavy atom. The Morgan fingerprint density at radius 1 is 1.29 bits per heavy atom. The number of H-pyrrole nitrogens is 1.